The van der Waals surface area contributed by atoms with Crippen LogP contribution in [0.4, 0.5) is 11.5 Å². The molecule has 0 spiro atoms. The standard InChI is InChI=1S/C12H22N4/c1-8(2)16-12(11(13)9(3)14-16)15(4)7-10-5-6-10/h8,10H,5-7,13H2,1-4H3. The second kappa shape index (κ2) is 4.00. The summed E-state index contributed by atoms with van der Waals surface area (Å²) < 4.78 is 2.03. The Morgan fingerprint density at radius 2 is 2.12 bits per heavy atom. The van der Waals surface area contributed by atoms with Crippen molar-refractivity contribution in [3.05, 3.63) is 5.69 Å². The summed E-state index contributed by atoms with van der Waals surface area (Å²) in [6, 6.07) is 0.354. The highest BCUT2D eigenvalue weighted by atomic mass is 15.4. The lowest BCUT2D eigenvalue weighted by Crippen LogP contribution is -2.24. The summed E-state index contributed by atoms with van der Waals surface area (Å²) in [6.07, 6.45) is 2.72. The molecule has 1 fully saturated rings. The molecular formula is C12H22N4. The van der Waals surface area contributed by atoms with E-state index in [0.29, 0.717) is 6.04 Å². The highest BCUT2D eigenvalue weighted by Crippen LogP contribution is 2.34. The zero-order valence-corrected chi connectivity index (χ0v) is 10.7. The van der Waals surface area contributed by atoms with E-state index in [-0.39, 0.29) is 0 Å². The molecule has 0 unspecified atom stereocenters. The van der Waals surface area contributed by atoms with Gasteiger partial charge in [-0.1, -0.05) is 0 Å². The van der Waals surface area contributed by atoms with E-state index in [1.165, 1.54) is 12.8 Å². The topological polar surface area (TPSA) is 47.1 Å². The predicted octanol–water partition coefficient (Wildman–Crippen LogP) is 2.20. The van der Waals surface area contributed by atoms with Crippen molar-refractivity contribution in [3.8, 4) is 0 Å². The molecule has 90 valence electrons. The molecule has 1 aliphatic rings. The van der Waals surface area contributed by atoms with Crippen LogP contribution in [0.2, 0.25) is 0 Å². The first-order valence-electron chi connectivity index (χ1n) is 6.06. The van der Waals surface area contributed by atoms with Gasteiger partial charge in [-0.15, -0.1) is 0 Å². The number of rotatable bonds is 4. The normalized spacial score (nSPS) is 15.8. The Balaban J connectivity index is 2.28. The van der Waals surface area contributed by atoms with Crippen molar-refractivity contribution in [3.63, 3.8) is 0 Å². The number of hydrogen-bond donors (Lipinski definition) is 1. The molecule has 0 saturated heterocycles. The molecule has 0 amide bonds. The smallest absolute Gasteiger partial charge is 0.150 e. The molecular weight excluding hydrogens is 200 g/mol. The summed E-state index contributed by atoms with van der Waals surface area (Å²) in [7, 11) is 2.12. The van der Waals surface area contributed by atoms with Crippen LogP contribution < -0.4 is 10.6 Å². The number of hydrogen-bond acceptors (Lipinski definition) is 3. The van der Waals surface area contributed by atoms with Gasteiger partial charge in [0.1, 0.15) is 0 Å². The second-order valence-corrected chi connectivity index (χ2v) is 5.18. The van der Waals surface area contributed by atoms with Gasteiger partial charge < -0.3 is 10.6 Å². The van der Waals surface area contributed by atoms with Crippen molar-refractivity contribution >= 4 is 11.5 Å². The highest BCUT2D eigenvalue weighted by molar-refractivity contribution is 5.66. The fourth-order valence-electron chi connectivity index (χ4n) is 2.06. The number of nitrogen functional groups attached to an aromatic ring is 1. The van der Waals surface area contributed by atoms with Gasteiger partial charge in [-0.2, -0.15) is 5.10 Å². The maximum absolute atomic E-state index is 6.11. The van der Waals surface area contributed by atoms with Crippen molar-refractivity contribution in [2.45, 2.75) is 39.7 Å². The molecule has 1 heterocycles. The van der Waals surface area contributed by atoms with E-state index < -0.39 is 0 Å². The monoisotopic (exact) mass is 222 g/mol. The van der Waals surface area contributed by atoms with Crippen molar-refractivity contribution in [1.29, 1.82) is 0 Å². The molecule has 0 aromatic carbocycles. The molecule has 1 saturated carbocycles. The average molecular weight is 222 g/mol. The minimum Gasteiger partial charge on any atom is -0.394 e. The first kappa shape index (κ1) is 11.3. The van der Waals surface area contributed by atoms with Gasteiger partial charge in [0.05, 0.1) is 11.4 Å². The number of anilines is 2. The lowest BCUT2D eigenvalue weighted by molar-refractivity contribution is 0.524. The molecule has 1 aromatic heterocycles. The van der Waals surface area contributed by atoms with E-state index in [1.807, 2.05) is 11.6 Å². The lowest BCUT2D eigenvalue weighted by atomic mass is 10.3. The van der Waals surface area contributed by atoms with Gasteiger partial charge in [0.15, 0.2) is 5.82 Å². The second-order valence-electron chi connectivity index (χ2n) is 5.18. The Kier molecular flexibility index (Phi) is 2.82. The largest absolute Gasteiger partial charge is 0.394 e. The fourth-order valence-corrected chi connectivity index (χ4v) is 2.06. The van der Waals surface area contributed by atoms with Gasteiger partial charge in [0.2, 0.25) is 0 Å². The van der Waals surface area contributed by atoms with Crippen LogP contribution in [0.5, 0.6) is 0 Å². The van der Waals surface area contributed by atoms with E-state index in [1.54, 1.807) is 0 Å². The number of aromatic nitrogens is 2. The van der Waals surface area contributed by atoms with E-state index in [2.05, 4.69) is 30.9 Å². The Hall–Kier alpha value is -1.19. The molecule has 1 aromatic rings. The van der Waals surface area contributed by atoms with Crippen molar-refractivity contribution in [1.82, 2.24) is 9.78 Å². The van der Waals surface area contributed by atoms with Crippen LogP contribution >= 0.6 is 0 Å². The van der Waals surface area contributed by atoms with E-state index in [0.717, 1.165) is 29.7 Å². The maximum atomic E-state index is 6.11. The van der Waals surface area contributed by atoms with E-state index in [4.69, 9.17) is 5.73 Å². The summed E-state index contributed by atoms with van der Waals surface area (Å²) in [6.45, 7) is 7.35. The minimum absolute atomic E-state index is 0.354. The van der Waals surface area contributed by atoms with Gasteiger partial charge in [-0.3, -0.25) is 0 Å². The number of nitrogens with zero attached hydrogens (tertiary/aromatic N) is 3. The maximum Gasteiger partial charge on any atom is 0.150 e. The SMILES string of the molecule is Cc1nn(C(C)C)c(N(C)CC2CC2)c1N. The van der Waals surface area contributed by atoms with E-state index >= 15 is 0 Å². The van der Waals surface area contributed by atoms with Gasteiger partial charge in [-0.25, -0.2) is 4.68 Å². The third-order valence-corrected chi connectivity index (χ3v) is 3.19. The summed E-state index contributed by atoms with van der Waals surface area (Å²) >= 11 is 0. The van der Waals surface area contributed by atoms with Crippen LogP contribution in [0.3, 0.4) is 0 Å². The Bertz CT molecular complexity index is 377. The van der Waals surface area contributed by atoms with Crippen LogP contribution in [0.1, 0.15) is 38.4 Å². The molecule has 4 heteroatoms. The highest BCUT2D eigenvalue weighted by Gasteiger charge is 2.26. The third kappa shape index (κ3) is 2.01. The zero-order valence-electron chi connectivity index (χ0n) is 10.7. The van der Waals surface area contributed by atoms with Crippen molar-refractivity contribution < 1.29 is 0 Å². The molecule has 4 nitrogen and oxygen atoms in total. The predicted molar refractivity (Wildman–Crippen MR) is 67.8 cm³/mol. The van der Waals surface area contributed by atoms with Crippen molar-refractivity contribution in [2.24, 2.45) is 5.92 Å². The molecule has 0 aliphatic heterocycles. The quantitative estimate of drug-likeness (QED) is 0.849. The third-order valence-electron chi connectivity index (χ3n) is 3.19. The van der Waals surface area contributed by atoms with Crippen LogP contribution in [0.25, 0.3) is 0 Å². The summed E-state index contributed by atoms with van der Waals surface area (Å²) in [5.41, 5.74) is 7.88. The summed E-state index contributed by atoms with van der Waals surface area (Å²) in [4.78, 5) is 2.26. The summed E-state index contributed by atoms with van der Waals surface area (Å²) in [5.74, 6) is 1.94. The molecule has 2 N–H and O–H groups in total. The summed E-state index contributed by atoms with van der Waals surface area (Å²) in [5, 5.41) is 4.51. The number of aryl methyl sites for hydroxylation is 1. The first-order valence-corrected chi connectivity index (χ1v) is 6.06. The molecule has 0 radical (unpaired) electrons. The van der Waals surface area contributed by atoms with Gasteiger partial charge in [-0.05, 0) is 39.5 Å². The van der Waals surface area contributed by atoms with E-state index in [9.17, 15) is 0 Å². The van der Waals surface area contributed by atoms with Gasteiger partial charge in [0.25, 0.3) is 0 Å². The fraction of sp³-hybridized carbons (Fsp3) is 0.750. The number of nitrogens with two attached hydrogens (primary N) is 1. The molecule has 0 atom stereocenters. The first-order chi connectivity index (χ1) is 7.50. The zero-order chi connectivity index (χ0) is 11.9. The van der Waals surface area contributed by atoms with Crippen LogP contribution in [-0.4, -0.2) is 23.4 Å². The van der Waals surface area contributed by atoms with Crippen LogP contribution in [-0.2, 0) is 0 Å². The molecule has 16 heavy (non-hydrogen) atoms. The van der Waals surface area contributed by atoms with Crippen LogP contribution in [0, 0.1) is 12.8 Å². The van der Waals surface area contributed by atoms with Crippen molar-refractivity contribution in [2.75, 3.05) is 24.2 Å². The Morgan fingerprint density at radius 3 is 2.62 bits per heavy atom. The molecule has 2 rings (SSSR count). The minimum atomic E-state index is 0.354. The van der Waals surface area contributed by atoms with Gasteiger partial charge in [0, 0.05) is 19.6 Å². The van der Waals surface area contributed by atoms with Gasteiger partial charge >= 0.3 is 0 Å². The molecule has 0 bridgehead atoms. The molecule has 1 aliphatic carbocycles. The average Bonchev–Trinajstić information content (AvgIpc) is 2.94. The lowest BCUT2D eigenvalue weighted by Gasteiger charge is -2.22. The Labute approximate surface area is 97.4 Å². The van der Waals surface area contributed by atoms with Crippen LogP contribution in [0.15, 0.2) is 0 Å². The Morgan fingerprint density at radius 1 is 1.50 bits per heavy atom.